The highest BCUT2D eigenvalue weighted by Crippen LogP contribution is 2.14. The van der Waals surface area contributed by atoms with Crippen LogP contribution in [0.25, 0.3) is 0 Å². The van der Waals surface area contributed by atoms with E-state index in [-0.39, 0.29) is 0 Å². The number of hydrogen-bond donors (Lipinski definition) is 0. The first-order chi connectivity index (χ1) is 14.9. The normalized spacial score (nSPS) is 11.1. The Morgan fingerprint density at radius 1 is 0.710 bits per heavy atom. The van der Waals surface area contributed by atoms with Gasteiger partial charge in [0.25, 0.3) is 5.69 Å². The van der Waals surface area contributed by atoms with E-state index in [1.54, 1.807) is 0 Å². The van der Waals surface area contributed by atoms with Gasteiger partial charge in [-0.3, -0.25) is 8.42 Å². The number of pyridine rings is 2. The van der Waals surface area contributed by atoms with Crippen LogP contribution in [-0.4, -0.2) is 17.5 Å². The minimum atomic E-state index is -5.17. The molecule has 0 fully saturated rings. The van der Waals surface area contributed by atoms with E-state index in [4.69, 9.17) is 17.5 Å². The van der Waals surface area contributed by atoms with E-state index < -0.39 is 10.4 Å². The molecule has 0 aliphatic rings. The van der Waals surface area contributed by atoms with Gasteiger partial charge in [-0.05, 0) is 31.4 Å². The maximum Gasteiger partial charge on any atom is 0.257 e. The van der Waals surface area contributed by atoms with Crippen molar-refractivity contribution in [2.45, 2.75) is 90.9 Å². The summed E-state index contributed by atoms with van der Waals surface area (Å²) in [6.45, 7) is 4.57. The van der Waals surface area contributed by atoms with Crippen molar-refractivity contribution in [3.05, 3.63) is 60.2 Å². The second-order valence-corrected chi connectivity index (χ2v) is 8.63. The first-order valence-electron chi connectivity index (χ1n) is 11.5. The topological polar surface area (TPSA) is 88.0 Å². The summed E-state index contributed by atoms with van der Waals surface area (Å²) >= 11 is 0. The predicted molar refractivity (Wildman–Crippen MR) is 119 cm³/mol. The Hall–Kier alpha value is -1.83. The molecule has 6 nitrogen and oxygen atoms in total. The molecule has 0 atom stereocenters. The summed E-state index contributed by atoms with van der Waals surface area (Å²) in [5.74, 6) is 0. The van der Waals surface area contributed by atoms with Gasteiger partial charge in [0.15, 0.2) is 0 Å². The van der Waals surface area contributed by atoms with Gasteiger partial charge in [0.1, 0.15) is 0 Å². The third-order valence-corrected chi connectivity index (χ3v) is 5.19. The van der Waals surface area contributed by atoms with Crippen molar-refractivity contribution in [1.82, 2.24) is 0 Å². The largest absolute Gasteiger partial charge is 0.759 e. The van der Waals surface area contributed by atoms with Crippen LogP contribution in [0.4, 0.5) is 0 Å². The Morgan fingerprint density at radius 3 is 1.77 bits per heavy atom. The molecule has 0 spiro atoms. The van der Waals surface area contributed by atoms with Crippen molar-refractivity contribution in [2.24, 2.45) is 0 Å². The van der Waals surface area contributed by atoms with E-state index in [1.165, 1.54) is 88.3 Å². The number of aromatic nitrogens is 2. The first-order valence-corrected chi connectivity index (χ1v) is 12.9. The maximum absolute atomic E-state index is 8.52. The van der Waals surface area contributed by atoms with Crippen LogP contribution in [0.2, 0.25) is 0 Å². The van der Waals surface area contributed by atoms with Crippen molar-refractivity contribution >= 4 is 10.4 Å². The van der Waals surface area contributed by atoms with Crippen LogP contribution >= 0.6 is 0 Å². The molecule has 0 saturated heterocycles. The molecule has 0 unspecified atom stereocenters. The molecule has 0 aliphatic heterocycles. The lowest BCUT2D eigenvalue weighted by Gasteiger charge is -2.06. The average Bonchev–Trinajstić information content (AvgIpc) is 2.73. The summed E-state index contributed by atoms with van der Waals surface area (Å²) in [6, 6.07) is 10.9. The van der Waals surface area contributed by atoms with Gasteiger partial charge in [-0.2, -0.15) is 0 Å². The van der Waals surface area contributed by atoms with Gasteiger partial charge in [0.2, 0.25) is 18.6 Å². The van der Waals surface area contributed by atoms with Gasteiger partial charge >= 0.3 is 0 Å². The molecule has 0 aliphatic carbocycles. The van der Waals surface area contributed by atoms with Gasteiger partial charge in [-0.15, -0.1) is 0 Å². The fourth-order valence-corrected chi connectivity index (χ4v) is 3.64. The quantitative estimate of drug-likeness (QED) is 0.197. The van der Waals surface area contributed by atoms with Crippen molar-refractivity contribution in [1.29, 1.82) is 0 Å². The molecule has 0 saturated carbocycles. The zero-order valence-electron chi connectivity index (χ0n) is 19.0. The lowest BCUT2D eigenvalue weighted by Crippen LogP contribution is -2.68. The lowest BCUT2D eigenvalue weighted by molar-refractivity contribution is -1.30. The fraction of sp³-hybridized carbons (Fsp3) is 0.583. The lowest BCUT2D eigenvalue weighted by atomic mass is 10.0. The molecule has 2 aromatic rings. The maximum atomic E-state index is 8.52. The molecule has 0 aromatic carbocycles. The molecule has 0 N–H and O–H groups in total. The third kappa shape index (κ3) is 13.2. The first kappa shape index (κ1) is 27.2. The van der Waals surface area contributed by atoms with E-state index in [9.17, 15) is 0 Å². The van der Waals surface area contributed by atoms with Crippen LogP contribution < -0.4 is 9.35 Å². The number of hydrogen-bond acceptors (Lipinski definition) is 4. The van der Waals surface area contributed by atoms with Crippen molar-refractivity contribution in [3.63, 3.8) is 0 Å². The molecular formula is C24H38N2O4S. The molecule has 174 valence electrons. The van der Waals surface area contributed by atoms with Crippen molar-refractivity contribution in [2.75, 3.05) is 0 Å². The number of rotatable bonds is 13. The molecule has 0 radical (unpaired) electrons. The van der Waals surface area contributed by atoms with Crippen LogP contribution in [0.15, 0.2) is 48.9 Å². The van der Waals surface area contributed by atoms with Crippen LogP contribution in [0.1, 0.15) is 89.3 Å². The highest BCUT2D eigenvalue weighted by molar-refractivity contribution is 7.79. The second kappa shape index (κ2) is 15.9. The van der Waals surface area contributed by atoms with Gasteiger partial charge < -0.3 is 9.11 Å². The molecule has 0 amide bonds. The highest BCUT2D eigenvalue weighted by Gasteiger charge is 2.22. The summed E-state index contributed by atoms with van der Waals surface area (Å²) in [6.07, 6.45) is 22.3. The molecule has 0 bridgehead atoms. The summed E-state index contributed by atoms with van der Waals surface area (Å²) in [4.78, 5) is 0. The molecule has 7 heteroatoms. The van der Waals surface area contributed by atoms with Gasteiger partial charge in [-0.1, -0.05) is 65.2 Å². The van der Waals surface area contributed by atoms with Crippen molar-refractivity contribution < 1.29 is 26.9 Å². The number of aryl methyl sites for hydroxylation is 1. The molecule has 31 heavy (non-hydrogen) atoms. The summed E-state index contributed by atoms with van der Waals surface area (Å²) in [5, 5.41) is 0. The van der Waals surface area contributed by atoms with E-state index in [0.717, 1.165) is 0 Å². The van der Waals surface area contributed by atoms with Gasteiger partial charge in [-0.25, -0.2) is 0 Å². The van der Waals surface area contributed by atoms with Crippen molar-refractivity contribution in [3.8, 4) is 0 Å². The van der Waals surface area contributed by atoms with Gasteiger partial charge in [0, 0.05) is 40.6 Å². The smallest absolute Gasteiger partial charge is 0.257 e. The zero-order valence-corrected chi connectivity index (χ0v) is 19.9. The molecule has 2 aromatic heterocycles. The average molecular weight is 451 g/mol. The van der Waals surface area contributed by atoms with E-state index in [1.807, 2.05) is 0 Å². The van der Waals surface area contributed by atoms with Crippen LogP contribution in [-0.2, 0) is 23.2 Å². The Balaban J connectivity index is 0.000000861. The van der Waals surface area contributed by atoms with E-state index in [2.05, 4.69) is 72.1 Å². The number of nitrogens with zero attached hydrogens (tertiary/aromatic N) is 2. The molecule has 2 heterocycles. The Labute approximate surface area is 188 Å². The monoisotopic (exact) mass is 450 g/mol. The summed E-state index contributed by atoms with van der Waals surface area (Å²) in [5.41, 5.74) is 3.03. The second-order valence-electron chi connectivity index (χ2n) is 7.82. The summed E-state index contributed by atoms with van der Waals surface area (Å²) in [7, 11) is -5.17. The predicted octanol–water partition coefficient (Wildman–Crippen LogP) is 4.26. The van der Waals surface area contributed by atoms with Crippen LogP contribution in [0.5, 0.6) is 0 Å². The molecule has 2 rings (SSSR count). The Bertz CT molecular complexity index is 819. The van der Waals surface area contributed by atoms with E-state index >= 15 is 0 Å². The zero-order chi connectivity index (χ0) is 23.0. The van der Waals surface area contributed by atoms with Gasteiger partial charge in [0.05, 0.1) is 9.35 Å². The minimum absolute atomic E-state index is 1.18. The molecular weight excluding hydrogens is 412 g/mol. The highest BCUT2D eigenvalue weighted by atomic mass is 32.3. The van der Waals surface area contributed by atoms with Crippen LogP contribution in [0, 0.1) is 0 Å². The Kier molecular flexibility index (Phi) is 13.9. The summed E-state index contributed by atoms with van der Waals surface area (Å²) < 4.78 is 38.6. The SMILES string of the molecule is CCCCCCCc1ccc[n+](-[n+]2ccccc2)c1CCCCCCC.O=S(=O)([O-])[O-]. The third-order valence-electron chi connectivity index (χ3n) is 5.19. The fourth-order valence-electron chi connectivity index (χ4n) is 3.64. The van der Waals surface area contributed by atoms with E-state index in [0.29, 0.717) is 0 Å². The Morgan fingerprint density at radius 2 is 1.23 bits per heavy atom. The minimum Gasteiger partial charge on any atom is -0.759 e. The number of unbranched alkanes of at least 4 members (excludes halogenated alkanes) is 8. The standard InChI is InChI=1S/C24H38N2.H2O4S/c1-3-5-7-9-12-17-23-18-16-22-26(25-20-14-11-15-21-25)24(23)19-13-10-8-6-4-2;1-5(2,3)4/h11,14-16,18,20-22H,3-10,12-13,17,19H2,1-2H3;(H2,1,2,3,4)/q+2;/p-2. The van der Waals surface area contributed by atoms with Crippen LogP contribution in [0.3, 0.4) is 0 Å².